The number of hydrogen-bond acceptors (Lipinski definition) is 19. The summed E-state index contributed by atoms with van der Waals surface area (Å²) in [4.78, 5) is 108. The van der Waals surface area contributed by atoms with E-state index in [9.17, 15) is 37.5 Å². The average Bonchev–Trinajstić information content (AvgIpc) is 1.31. The van der Waals surface area contributed by atoms with Crippen molar-refractivity contribution in [3.8, 4) is 0 Å². The Morgan fingerprint density at radius 1 is 0.644 bits per heavy atom. The number of hydrogen-bond donors (Lipinski definition) is 4. The number of anilines is 2. The second kappa shape index (κ2) is 30.5. The Hall–Kier alpha value is -8.28. The molecule has 2 unspecified atom stereocenters. The lowest BCUT2D eigenvalue weighted by molar-refractivity contribution is -0.137. The number of carbonyl (C=O) groups excluding carboxylic acids is 4. The number of aromatic carboxylic acids is 2. The number of urea groups is 2. The summed E-state index contributed by atoms with van der Waals surface area (Å²) in [6.45, 7) is 3.67. The number of amidine groups is 2. The van der Waals surface area contributed by atoms with E-state index in [1.165, 1.54) is 104 Å². The van der Waals surface area contributed by atoms with E-state index >= 15 is 0 Å². The summed E-state index contributed by atoms with van der Waals surface area (Å²) in [5, 5.41) is 30.0. The fraction of sp³-hybridized carbons (Fsp3) is 0.333. The monoisotopic (exact) mass is 1380 g/mol. The van der Waals surface area contributed by atoms with Crippen LogP contribution >= 0.6 is 61.8 Å². The quantitative estimate of drug-likeness (QED) is 0.0618. The zero-order chi connectivity index (χ0) is 61.6. The molecule has 476 valence electrons. The van der Waals surface area contributed by atoms with Crippen LogP contribution in [-0.4, -0.2) is 170 Å². The van der Waals surface area contributed by atoms with Gasteiger partial charge in [-0.3, -0.25) is 24.7 Å². The van der Waals surface area contributed by atoms with Crippen molar-refractivity contribution >= 4 is 121 Å². The number of esters is 2. The van der Waals surface area contributed by atoms with E-state index in [1.54, 1.807) is 39.2 Å². The first-order valence-corrected chi connectivity index (χ1v) is 30.4. The van der Waals surface area contributed by atoms with Gasteiger partial charge >= 0.3 is 35.9 Å². The van der Waals surface area contributed by atoms with E-state index < -0.39 is 47.6 Å². The van der Waals surface area contributed by atoms with E-state index in [0.717, 1.165) is 19.4 Å². The SMILES string of the molecule is C.C.C.COC(=O)C1=C(CBr)NC(c2nccs2)=N[C@H]1c1ccc(F)cc1Cl.COC(=O)C1=C(CN2CCN3C(=O)N(c4ccc(C(=O)O)nc4)CC3C2)NC(c2nccs2)=N[C@H]1c1ccc(F)cc1Cl.O=C(O)c1ccc(N2CC3CCCCN3C2=O)cn1. The molecular formula is C60H64BrCl2F2N13O10S2. The van der Waals surface area contributed by atoms with Crippen LogP contribution in [0.1, 0.15) is 95.7 Å². The number of alkyl halides is 1. The number of methoxy groups -OCH3 is 2. The molecule has 0 saturated carbocycles. The normalized spacial score (nSPS) is 19.3. The number of piperazine rings is 1. The predicted octanol–water partition coefficient (Wildman–Crippen LogP) is 10.5. The largest absolute Gasteiger partial charge is 0.477 e. The molecule has 10 heterocycles. The number of piperidine rings is 1. The number of pyridine rings is 2. The number of benzene rings is 2. The molecule has 0 spiro atoms. The minimum absolute atomic E-state index is 0. The van der Waals surface area contributed by atoms with Crippen molar-refractivity contribution in [2.75, 3.05) is 75.2 Å². The highest BCUT2D eigenvalue weighted by Gasteiger charge is 2.43. The second-order valence-electron chi connectivity index (χ2n) is 20.0. The van der Waals surface area contributed by atoms with Crippen molar-refractivity contribution in [3.05, 3.63) is 173 Å². The van der Waals surface area contributed by atoms with Crippen LogP contribution in [-0.2, 0) is 19.1 Å². The fourth-order valence-corrected chi connectivity index (χ4v) is 12.9. The minimum Gasteiger partial charge on any atom is -0.477 e. The van der Waals surface area contributed by atoms with Gasteiger partial charge in [0, 0.05) is 107 Å². The number of halogens is 5. The topological polar surface area (TPSA) is 278 Å². The molecule has 4 aromatic heterocycles. The summed E-state index contributed by atoms with van der Waals surface area (Å²) in [6, 6.07) is 12.3. The van der Waals surface area contributed by atoms with Crippen molar-refractivity contribution in [2.24, 2.45) is 9.98 Å². The van der Waals surface area contributed by atoms with Crippen LogP contribution in [0.3, 0.4) is 0 Å². The molecule has 4 atom stereocenters. The molecule has 4 saturated heterocycles. The molecule has 4 N–H and O–H groups in total. The lowest BCUT2D eigenvalue weighted by Gasteiger charge is -2.38. The van der Waals surface area contributed by atoms with Crippen LogP contribution in [0.15, 0.2) is 129 Å². The number of ether oxygens (including phenoxy) is 2. The van der Waals surface area contributed by atoms with Gasteiger partial charge in [-0.15, -0.1) is 22.7 Å². The van der Waals surface area contributed by atoms with Crippen molar-refractivity contribution < 1.29 is 57.2 Å². The fourth-order valence-electron chi connectivity index (χ4n) is 10.7. The molecule has 2 aromatic carbocycles. The van der Waals surface area contributed by atoms with Crippen LogP contribution in [0.2, 0.25) is 10.0 Å². The number of carboxylic acids is 2. The summed E-state index contributed by atoms with van der Waals surface area (Å²) in [7, 11) is 2.58. The number of aromatic nitrogens is 4. The molecule has 90 heavy (non-hydrogen) atoms. The average molecular weight is 1380 g/mol. The molecule has 4 amide bonds. The van der Waals surface area contributed by atoms with Gasteiger partial charge in [0.15, 0.2) is 21.7 Å². The number of carboxylic acid groups (broad SMARTS) is 2. The highest BCUT2D eigenvalue weighted by atomic mass is 79.9. The number of aliphatic imine (C=N–C) groups is 2. The first-order chi connectivity index (χ1) is 41.9. The third-order valence-corrected chi connectivity index (χ3v) is 17.6. The van der Waals surface area contributed by atoms with Gasteiger partial charge in [0.2, 0.25) is 0 Å². The zero-order valence-electron chi connectivity index (χ0n) is 46.1. The zero-order valence-corrected chi connectivity index (χ0v) is 50.8. The maximum absolute atomic E-state index is 13.9. The number of allylic oxidation sites excluding steroid dienone is 1. The van der Waals surface area contributed by atoms with Crippen LogP contribution in [0, 0.1) is 11.6 Å². The Labute approximate surface area is 543 Å². The maximum atomic E-state index is 13.9. The molecule has 0 aliphatic carbocycles. The van der Waals surface area contributed by atoms with Crippen molar-refractivity contribution in [1.29, 1.82) is 0 Å². The number of nitrogens with one attached hydrogen (secondary N) is 2. The summed E-state index contributed by atoms with van der Waals surface area (Å²) < 4.78 is 37.4. The lowest BCUT2D eigenvalue weighted by Crippen LogP contribution is -2.53. The summed E-state index contributed by atoms with van der Waals surface area (Å²) in [5.41, 5.74) is 3.73. The van der Waals surface area contributed by atoms with Crippen LogP contribution in [0.25, 0.3) is 0 Å². The number of amides is 4. The molecule has 30 heteroatoms. The summed E-state index contributed by atoms with van der Waals surface area (Å²) >= 11 is 18.8. The Bertz CT molecular complexity index is 3760. The van der Waals surface area contributed by atoms with Gasteiger partial charge in [0.1, 0.15) is 35.1 Å². The van der Waals surface area contributed by atoms with Gasteiger partial charge in [0.05, 0.1) is 61.2 Å². The van der Waals surface area contributed by atoms with Crippen molar-refractivity contribution in [3.63, 3.8) is 0 Å². The molecule has 6 aliphatic rings. The Kier molecular flexibility index (Phi) is 23.4. The molecule has 0 radical (unpaired) electrons. The predicted molar refractivity (Wildman–Crippen MR) is 343 cm³/mol. The van der Waals surface area contributed by atoms with Crippen LogP contribution in [0.4, 0.5) is 29.7 Å². The molecule has 4 fully saturated rings. The first-order valence-electron chi connectivity index (χ1n) is 26.8. The molecule has 6 aromatic rings. The smallest absolute Gasteiger partial charge is 0.354 e. The molecule has 23 nitrogen and oxygen atoms in total. The van der Waals surface area contributed by atoms with E-state index in [2.05, 4.69) is 56.4 Å². The second-order valence-corrected chi connectivity index (χ2v) is 23.2. The minimum atomic E-state index is -1.14. The van der Waals surface area contributed by atoms with Crippen LogP contribution < -0.4 is 20.4 Å². The number of carbonyl (C=O) groups is 6. The van der Waals surface area contributed by atoms with Gasteiger partial charge in [0.25, 0.3) is 0 Å². The number of nitrogens with zero attached hydrogens (tertiary/aromatic N) is 11. The van der Waals surface area contributed by atoms with Gasteiger partial charge in [-0.1, -0.05) is 73.5 Å². The van der Waals surface area contributed by atoms with E-state index in [0.29, 0.717) is 112 Å². The molecular weight excluding hydrogens is 1320 g/mol. The Balaban J connectivity index is 0.000000208. The standard InChI is InChI=1S/C28H25ClFN7O5S.C16H12BrClFN3O2S.C13H15N3O3.3CH4/c1-42-27(40)22-21(33-24(25-31-6-9-43-25)34-23(22)18-4-2-15(30)10-19(18)29)14-35-7-8-36-17(12-35)13-37(28(36)41)16-3-5-20(26(38)39)32-11-16;1-24-16(23)12-11(7-17)21-14(15-20-4-5-25-15)22-13(12)9-3-2-8(19)6-10(9)18;17-12(18)11-5-4-9(7-14-11)16-8-10-3-1-2-6-15(10)13(16)19;;;/h2-6,9-11,17,23H,7-8,12-14H2,1H3,(H,33,34)(H,38,39);2-6,13H,7H2,1H3,(H,21,22);4-5,7,10H,1-3,6,8H2,(H,17,18);3*1H4/t17?,23-;13-;;;;/m00..../s1. The highest BCUT2D eigenvalue weighted by molar-refractivity contribution is 9.09. The van der Waals surface area contributed by atoms with Gasteiger partial charge in [-0.05, 0) is 67.8 Å². The highest BCUT2D eigenvalue weighted by Crippen LogP contribution is 2.39. The van der Waals surface area contributed by atoms with Gasteiger partial charge in [-0.2, -0.15) is 0 Å². The van der Waals surface area contributed by atoms with E-state index in [4.69, 9.17) is 47.9 Å². The third-order valence-electron chi connectivity index (χ3n) is 14.9. The van der Waals surface area contributed by atoms with Crippen molar-refractivity contribution in [2.45, 2.75) is 65.7 Å². The number of fused-ring (bicyclic) bond motifs is 2. The van der Waals surface area contributed by atoms with E-state index in [-0.39, 0.29) is 67.4 Å². The van der Waals surface area contributed by atoms with Crippen LogP contribution in [0.5, 0.6) is 0 Å². The van der Waals surface area contributed by atoms with E-state index in [1.807, 2.05) is 15.7 Å². The van der Waals surface area contributed by atoms with Crippen molar-refractivity contribution in [1.82, 2.24) is 45.3 Å². The van der Waals surface area contributed by atoms with Gasteiger partial charge < -0.3 is 40.1 Å². The number of thiazole rings is 2. The molecule has 6 aliphatic heterocycles. The maximum Gasteiger partial charge on any atom is 0.354 e. The Morgan fingerprint density at radius 3 is 1.54 bits per heavy atom. The summed E-state index contributed by atoms with van der Waals surface area (Å²) in [6.07, 6.45) is 9.43. The summed E-state index contributed by atoms with van der Waals surface area (Å²) in [5.74, 6) is -3.35. The first kappa shape index (κ1) is 69.2. The number of rotatable bonds is 13. The Morgan fingerprint density at radius 2 is 1.12 bits per heavy atom. The third kappa shape index (κ3) is 15.0. The molecule has 0 bridgehead atoms. The lowest BCUT2D eigenvalue weighted by atomic mass is 9.95. The van der Waals surface area contributed by atoms with Gasteiger partial charge in [-0.25, -0.2) is 57.5 Å². The molecule has 12 rings (SSSR count).